The first-order valence-corrected chi connectivity index (χ1v) is 6.40. The van der Waals surface area contributed by atoms with Gasteiger partial charge in [0.15, 0.2) is 0 Å². The lowest BCUT2D eigenvalue weighted by atomic mass is 10.1. The maximum absolute atomic E-state index is 8.81. The van der Waals surface area contributed by atoms with Gasteiger partial charge in [0.05, 0.1) is 0 Å². The van der Waals surface area contributed by atoms with Crippen LogP contribution in [-0.2, 0) is 12.3 Å². The van der Waals surface area contributed by atoms with Crippen molar-refractivity contribution >= 4 is 17.6 Å². The molecular formula is C9H14O2P2. The Balaban J connectivity index is 2.83. The zero-order valence-corrected chi connectivity index (χ0v) is 9.54. The van der Waals surface area contributed by atoms with Crippen molar-refractivity contribution < 1.29 is 9.79 Å². The van der Waals surface area contributed by atoms with Gasteiger partial charge in [0.1, 0.15) is 0 Å². The van der Waals surface area contributed by atoms with E-state index in [1.165, 1.54) is 5.56 Å². The van der Waals surface area contributed by atoms with Gasteiger partial charge in [-0.3, -0.25) is 0 Å². The van der Waals surface area contributed by atoms with Gasteiger partial charge in [0.2, 0.25) is 0 Å². The van der Waals surface area contributed by atoms with E-state index in [0.29, 0.717) is 0 Å². The Morgan fingerprint density at radius 2 is 1.46 bits per heavy atom. The van der Waals surface area contributed by atoms with Crippen LogP contribution < -0.4 is 0 Å². The molecule has 4 heteroatoms. The molecule has 0 spiro atoms. The van der Waals surface area contributed by atoms with Gasteiger partial charge in [-0.1, -0.05) is 23.8 Å². The van der Waals surface area contributed by atoms with Crippen molar-refractivity contribution in [1.29, 1.82) is 0 Å². The summed E-state index contributed by atoms with van der Waals surface area (Å²) in [6.45, 7) is 2.04. The molecule has 0 aliphatic rings. The first-order chi connectivity index (χ1) is 6.26. The molecule has 2 nitrogen and oxygen atoms in total. The first kappa shape index (κ1) is 11.1. The highest BCUT2D eigenvalue weighted by atomic mass is 31.1. The highest BCUT2D eigenvalue weighted by molar-refractivity contribution is 7.30. The van der Waals surface area contributed by atoms with Gasteiger partial charge in [-0.2, -0.15) is 0 Å². The maximum atomic E-state index is 8.81. The Kier molecular flexibility index (Phi) is 4.83. The van der Waals surface area contributed by atoms with Crippen molar-refractivity contribution in [3.8, 4) is 0 Å². The van der Waals surface area contributed by atoms with Crippen LogP contribution >= 0.6 is 17.6 Å². The van der Waals surface area contributed by atoms with Gasteiger partial charge >= 0.3 is 0 Å². The first-order valence-electron chi connectivity index (χ1n) is 4.09. The lowest BCUT2D eigenvalue weighted by molar-refractivity contribution is 0.644. The zero-order chi connectivity index (χ0) is 9.68. The summed E-state index contributed by atoms with van der Waals surface area (Å²) in [5.74, 6) is 0. The highest BCUT2D eigenvalue weighted by Gasteiger charge is 1.98. The molecule has 0 saturated carbocycles. The fourth-order valence-corrected chi connectivity index (χ4v) is 2.11. The second-order valence-electron chi connectivity index (χ2n) is 3.00. The molecule has 2 atom stereocenters. The quantitative estimate of drug-likeness (QED) is 0.757. The maximum Gasteiger partial charge on any atom is 0.0152 e. The van der Waals surface area contributed by atoms with Gasteiger partial charge < -0.3 is 9.79 Å². The molecule has 0 radical (unpaired) electrons. The second-order valence-corrected chi connectivity index (χ2v) is 4.34. The molecule has 0 bridgehead atoms. The van der Waals surface area contributed by atoms with Gasteiger partial charge in [-0.25, -0.2) is 0 Å². The van der Waals surface area contributed by atoms with E-state index in [2.05, 4.69) is 18.2 Å². The highest BCUT2D eigenvalue weighted by Crippen LogP contribution is 2.21. The van der Waals surface area contributed by atoms with Gasteiger partial charge in [0, 0.05) is 29.9 Å². The predicted octanol–water partition coefficient (Wildman–Crippen LogP) is 2.17. The molecule has 1 aromatic carbocycles. The summed E-state index contributed by atoms with van der Waals surface area (Å²) in [6.07, 6.45) is 1.45. The summed E-state index contributed by atoms with van der Waals surface area (Å²) in [4.78, 5) is 17.6. The van der Waals surface area contributed by atoms with Crippen molar-refractivity contribution in [2.75, 3.05) is 0 Å². The van der Waals surface area contributed by atoms with Crippen LogP contribution in [0.25, 0.3) is 0 Å². The number of hydrogen-bond donors (Lipinski definition) is 2. The number of hydrogen-bond acceptors (Lipinski definition) is 2. The van der Waals surface area contributed by atoms with E-state index in [9.17, 15) is 0 Å². The SMILES string of the molecule is Cc1cc(CPO)cc(CPO)c1. The average Bonchev–Trinajstić information content (AvgIpc) is 2.04. The topological polar surface area (TPSA) is 40.5 Å². The largest absolute Gasteiger partial charge is 0.377 e. The van der Waals surface area contributed by atoms with E-state index < -0.39 is 0 Å². The summed E-state index contributed by atoms with van der Waals surface area (Å²) < 4.78 is 0. The Bertz CT molecular complexity index is 252. The van der Waals surface area contributed by atoms with Crippen molar-refractivity contribution in [3.63, 3.8) is 0 Å². The predicted molar refractivity (Wildman–Crippen MR) is 59.7 cm³/mol. The molecular weight excluding hydrogens is 202 g/mol. The monoisotopic (exact) mass is 216 g/mol. The van der Waals surface area contributed by atoms with Crippen molar-refractivity contribution in [3.05, 3.63) is 34.9 Å². The van der Waals surface area contributed by atoms with E-state index in [1.54, 1.807) is 0 Å². The smallest absolute Gasteiger partial charge is 0.0152 e. The number of aryl methyl sites for hydroxylation is 1. The lowest BCUT2D eigenvalue weighted by Gasteiger charge is -2.04. The Morgan fingerprint density at radius 1 is 1.00 bits per heavy atom. The van der Waals surface area contributed by atoms with E-state index in [0.717, 1.165) is 23.5 Å². The molecule has 13 heavy (non-hydrogen) atoms. The van der Waals surface area contributed by atoms with Crippen molar-refractivity contribution in [2.24, 2.45) is 0 Å². The van der Waals surface area contributed by atoms with E-state index >= 15 is 0 Å². The molecule has 0 aromatic heterocycles. The fraction of sp³-hybridized carbons (Fsp3) is 0.333. The molecule has 1 rings (SSSR count). The minimum atomic E-state index is -0.0302. The standard InChI is InChI=1S/C9H14O2P2/c1-7-2-8(5-12-10)4-9(3-7)6-13-11/h2-4,10-13H,5-6H2,1H3. The zero-order valence-electron chi connectivity index (χ0n) is 7.54. The molecule has 0 aliphatic carbocycles. The Hall–Kier alpha value is -0.0000000000000000278. The van der Waals surface area contributed by atoms with Crippen molar-refractivity contribution in [2.45, 2.75) is 19.2 Å². The molecule has 0 saturated heterocycles. The molecule has 0 heterocycles. The van der Waals surface area contributed by atoms with Gasteiger partial charge in [-0.15, -0.1) is 0 Å². The Morgan fingerprint density at radius 3 is 1.85 bits per heavy atom. The summed E-state index contributed by atoms with van der Waals surface area (Å²) in [5.41, 5.74) is 3.52. The molecule has 0 fully saturated rings. The molecule has 0 aliphatic heterocycles. The van der Waals surface area contributed by atoms with Crippen LogP contribution in [0, 0.1) is 6.92 Å². The molecule has 0 amide bonds. The normalized spacial score (nSPS) is 12.2. The van der Waals surface area contributed by atoms with Gasteiger partial charge in [0.25, 0.3) is 0 Å². The van der Waals surface area contributed by atoms with Crippen LogP contribution in [0.15, 0.2) is 18.2 Å². The van der Waals surface area contributed by atoms with Crippen LogP contribution in [0.1, 0.15) is 16.7 Å². The van der Waals surface area contributed by atoms with E-state index in [-0.39, 0.29) is 17.6 Å². The molecule has 1 aromatic rings. The third kappa shape index (κ3) is 3.70. The lowest BCUT2D eigenvalue weighted by Crippen LogP contribution is -1.86. The summed E-state index contributed by atoms with van der Waals surface area (Å²) in [6, 6.07) is 6.21. The number of benzene rings is 1. The Labute approximate surface area is 82.1 Å². The second kappa shape index (κ2) is 5.67. The van der Waals surface area contributed by atoms with E-state index in [1.807, 2.05) is 6.92 Å². The van der Waals surface area contributed by atoms with E-state index in [4.69, 9.17) is 9.79 Å². The van der Waals surface area contributed by atoms with Crippen LogP contribution in [0.4, 0.5) is 0 Å². The van der Waals surface area contributed by atoms with Crippen LogP contribution in [-0.4, -0.2) is 9.79 Å². The van der Waals surface area contributed by atoms with Crippen LogP contribution in [0.3, 0.4) is 0 Å². The van der Waals surface area contributed by atoms with Crippen LogP contribution in [0.5, 0.6) is 0 Å². The number of rotatable bonds is 4. The fourth-order valence-electron chi connectivity index (χ4n) is 1.33. The summed E-state index contributed by atoms with van der Waals surface area (Å²) >= 11 is 0. The van der Waals surface area contributed by atoms with Crippen molar-refractivity contribution in [1.82, 2.24) is 0 Å². The molecule has 2 N–H and O–H groups in total. The minimum absolute atomic E-state index is 0.0302. The van der Waals surface area contributed by atoms with Crippen LogP contribution in [0.2, 0.25) is 0 Å². The minimum Gasteiger partial charge on any atom is -0.377 e. The third-order valence-corrected chi connectivity index (χ3v) is 2.90. The average molecular weight is 216 g/mol. The third-order valence-electron chi connectivity index (χ3n) is 1.76. The summed E-state index contributed by atoms with van der Waals surface area (Å²) in [5, 5.41) is 0. The van der Waals surface area contributed by atoms with Gasteiger partial charge in [-0.05, 0) is 18.1 Å². The molecule has 2 unspecified atom stereocenters. The summed E-state index contributed by atoms with van der Waals surface area (Å²) in [7, 11) is -0.0605. The molecule has 72 valence electrons.